The minimum absolute atomic E-state index is 0.0225. The molecule has 0 aliphatic heterocycles. The van der Waals surface area contributed by atoms with Gasteiger partial charge in [0.1, 0.15) is 0 Å². The molecule has 0 aromatic heterocycles. The Morgan fingerprint density at radius 1 is 1.35 bits per heavy atom. The van der Waals surface area contributed by atoms with Crippen LogP contribution in [0.1, 0.15) is 25.7 Å². The van der Waals surface area contributed by atoms with Gasteiger partial charge in [-0.25, -0.2) is 0 Å². The van der Waals surface area contributed by atoms with E-state index in [0.29, 0.717) is 18.6 Å². The number of halogens is 1. The second-order valence-corrected chi connectivity index (χ2v) is 6.37. The van der Waals surface area contributed by atoms with Crippen molar-refractivity contribution in [1.29, 1.82) is 0 Å². The van der Waals surface area contributed by atoms with Crippen LogP contribution >= 0.6 is 15.9 Å². The average molecular weight is 340 g/mol. The molecule has 4 nitrogen and oxygen atoms in total. The van der Waals surface area contributed by atoms with Crippen molar-refractivity contribution >= 4 is 27.5 Å². The van der Waals surface area contributed by atoms with Crippen LogP contribution in [0.15, 0.2) is 28.7 Å². The predicted molar refractivity (Wildman–Crippen MR) is 85.6 cm³/mol. The summed E-state index contributed by atoms with van der Waals surface area (Å²) in [6.07, 6.45) is 4.28. The summed E-state index contributed by atoms with van der Waals surface area (Å²) in [6.45, 7) is 0.418. The molecule has 1 amide bonds. The molecule has 1 fully saturated rings. The zero-order valence-electron chi connectivity index (χ0n) is 11.8. The topological polar surface area (TPSA) is 58.4 Å². The van der Waals surface area contributed by atoms with Gasteiger partial charge in [0.15, 0.2) is 0 Å². The Morgan fingerprint density at radius 2 is 2.00 bits per heavy atom. The number of carbonyl (C=O) groups is 1. The molecular weight excluding hydrogens is 318 g/mol. The van der Waals surface area contributed by atoms with E-state index in [2.05, 4.69) is 26.1 Å². The molecule has 1 saturated carbocycles. The third-order valence-corrected chi connectivity index (χ3v) is 4.60. The summed E-state index contributed by atoms with van der Waals surface area (Å²) < 4.78 is 0.902. The Hall–Kier alpha value is -0.910. The molecule has 0 heterocycles. The summed E-state index contributed by atoms with van der Waals surface area (Å²) in [6, 6.07) is 8.46. The molecule has 0 radical (unpaired) electrons. The fraction of sp³-hybridized carbons (Fsp3) is 0.533. The normalized spacial score (nSPS) is 22.8. The Bertz CT molecular complexity index is 458. The Labute approximate surface area is 128 Å². The molecule has 0 atom stereocenters. The van der Waals surface area contributed by atoms with Crippen molar-refractivity contribution < 1.29 is 4.79 Å². The smallest absolute Gasteiger partial charge is 0.238 e. The van der Waals surface area contributed by atoms with Gasteiger partial charge in [-0.15, -0.1) is 0 Å². The van der Waals surface area contributed by atoms with Gasteiger partial charge < -0.3 is 11.1 Å². The summed E-state index contributed by atoms with van der Waals surface area (Å²) in [7, 11) is 2.02. The van der Waals surface area contributed by atoms with E-state index in [9.17, 15) is 4.79 Å². The number of nitrogens with zero attached hydrogens (tertiary/aromatic N) is 1. The number of hydrogen-bond donors (Lipinski definition) is 2. The van der Waals surface area contributed by atoms with Gasteiger partial charge in [-0.2, -0.15) is 0 Å². The predicted octanol–water partition coefficient (Wildman–Crippen LogP) is 2.59. The highest BCUT2D eigenvalue weighted by Gasteiger charge is 2.23. The van der Waals surface area contributed by atoms with E-state index in [1.807, 2.05) is 31.3 Å². The summed E-state index contributed by atoms with van der Waals surface area (Å²) in [5, 5.41) is 2.94. The number of nitrogens with two attached hydrogens (primary N) is 1. The minimum Gasteiger partial charge on any atom is -0.328 e. The van der Waals surface area contributed by atoms with Crippen LogP contribution in [-0.2, 0) is 4.79 Å². The molecule has 110 valence electrons. The van der Waals surface area contributed by atoms with Crippen LogP contribution < -0.4 is 11.1 Å². The molecule has 2 rings (SSSR count). The summed E-state index contributed by atoms with van der Waals surface area (Å²) >= 11 is 3.43. The molecule has 1 aromatic rings. The van der Waals surface area contributed by atoms with Gasteiger partial charge in [-0.05, 0) is 60.8 Å². The van der Waals surface area contributed by atoms with Crippen molar-refractivity contribution in [3.63, 3.8) is 0 Å². The number of likely N-dealkylation sites (N-methyl/N-ethyl adjacent to an activating group) is 1. The summed E-state index contributed by atoms with van der Waals surface area (Å²) in [4.78, 5) is 14.2. The highest BCUT2D eigenvalue weighted by molar-refractivity contribution is 9.10. The molecule has 1 aliphatic carbocycles. The molecular formula is C15H22BrN3O. The number of hydrogen-bond acceptors (Lipinski definition) is 3. The number of amides is 1. The lowest BCUT2D eigenvalue weighted by Crippen LogP contribution is -2.42. The van der Waals surface area contributed by atoms with E-state index in [1.54, 1.807) is 0 Å². The molecule has 20 heavy (non-hydrogen) atoms. The van der Waals surface area contributed by atoms with E-state index >= 15 is 0 Å². The largest absolute Gasteiger partial charge is 0.328 e. The zero-order chi connectivity index (χ0) is 14.5. The number of anilines is 1. The van der Waals surface area contributed by atoms with Gasteiger partial charge in [-0.1, -0.05) is 12.1 Å². The third-order valence-electron chi connectivity index (χ3n) is 3.91. The van der Waals surface area contributed by atoms with Gasteiger partial charge >= 0.3 is 0 Å². The Kier molecular flexibility index (Phi) is 5.57. The van der Waals surface area contributed by atoms with Crippen molar-refractivity contribution in [3.05, 3.63) is 28.7 Å². The lowest BCUT2D eigenvalue weighted by atomic mass is 9.91. The first-order chi connectivity index (χ1) is 9.56. The molecule has 1 aliphatic rings. The van der Waals surface area contributed by atoms with Crippen LogP contribution in [0.25, 0.3) is 0 Å². The average Bonchev–Trinajstić information content (AvgIpc) is 2.42. The molecule has 3 N–H and O–H groups in total. The highest BCUT2D eigenvalue weighted by Crippen LogP contribution is 2.22. The first kappa shape index (κ1) is 15.5. The second-order valence-electron chi connectivity index (χ2n) is 5.51. The van der Waals surface area contributed by atoms with Gasteiger partial charge in [0.2, 0.25) is 5.91 Å². The maximum Gasteiger partial charge on any atom is 0.238 e. The van der Waals surface area contributed by atoms with Crippen LogP contribution in [0.5, 0.6) is 0 Å². The maximum atomic E-state index is 12.1. The SMILES string of the molecule is CN(CC(=O)Nc1ccccc1Br)C1CCC(N)CC1. The maximum absolute atomic E-state index is 12.1. The van der Waals surface area contributed by atoms with Crippen LogP contribution in [0.4, 0.5) is 5.69 Å². The van der Waals surface area contributed by atoms with Crippen molar-refractivity contribution in [2.45, 2.75) is 37.8 Å². The monoisotopic (exact) mass is 339 g/mol. The van der Waals surface area contributed by atoms with Gasteiger partial charge in [0.05, 0.1) is 12.2 Å². The fourth-order valence-corrected chi connectivity index (χ4v) is 3.03. The Morgan fingerprint density at radius 3 is 2.65 bits per heavy atom. The lowest BCUT2D eigenvalue weighted by Gasteiger charge is -2.33. The highest BCUT2D eigenvalue weighted by atomic mass is 79.9. The molecule has 5 heteroatoms. The standard InChI is InChI=1S/C15H22BrN3O/c1-19(12-8-6-11(17)7-9-12)10-15(20)18-14-5-3-2-4-13(14)16/h2-5,11-12H,6-10,17H2,1H3,(H,18,20). The number of nitrogens with one attached hydrogen (secondary N) is 1. The molecule has 0 spiro atoms. The van der Waals surface area contributed by atoms with E-state index in [1.165, 1.54) is 0 Å². The number of rotatable bonds is 4. The van der Waals surface area contributed by atoms with E-state index in [0.717, 1.165) is 35.8 Å². The number of carbonyl (C=O) groups excluding carboxylic acids is 1. The van der Waals surface area contributed by atoms with E-state index in [4.69, 9.17) is 5.73 Å². The van der Waals surface area contributed by atoms with Crippen molar-refractivity contribution in [3.8, 4) is 0 Å². The third kappa shape index (κ3) is 4.30. The molecule has 1 aromatic carbocycles. The molecule has 0 saturated heterocycles. The van der Waals surface area contributed by atoms with Crippen molar-refractivity contribution in [2.24, 2.45) is 5.73 Å². The number of para-hydroxylation sites is 1. The van der Waals surface area contributed by atoms with Crippen LogP contribution in [-0.4, -0.2) is 36.5 Å². The molecule has 0 bridgehead atoms. The molecule has 0 unspecified atom stereocenters. The van der Waals surface area contributed by atoms with Crippen LogP contribution in [0, 0.1) is 0 Å². The van der Waals surface area contributed by atoms with Gasteiger partial charge in [-0.3, -0.25) is 9.69 Å². The second kappa shape index (κ2) is 7.20. The first-order valence-electron chi connectivity index (χ1n) is 7.06. The first-order valence-corrected chi connectivity index (χ1v) is 7.85. The quantitative estimate of drug-likeness (QED) is 0.886. The summed E-state index contributed by atoms with van der Waals surface area (Å²) in [5.74, 6) is 0.0225. The van der Waals surface area contributed by atoms with Crippen LogP contribution in [0.3, 0.4) is 0 Å². The van der Waals surface area contributed by atoms with Gasteiger partial charge in [0.25, 0.3) is 0 Å². The number of benzene rings is 1. The van der Waals surface area contributed by atoms with E-state index < -0.39 is 0 Å². The van der Waals surface area contributed by atoms with Crippen molar-refractivity contribution in [1.82, 2.24) is 4.90 Å². The van der Waals surface area contributed by atoms with E-state index in [-0.39, 0.29) is 5.91 Å². The summed E-state index contributed by atoms with van der Waals surface area (Å²) in [5.41, 5.74) is 6.73. The zero-order valence-corrected chi connectivity index (χ0v) is 13.4. The fourth-order valence-electron chi connectivity index (χ4n) is 2.65. The van der Waals surface area contributed by atoms with Crippen LogP contribution in [0.2, 0.25) is 0 Å². The lowest BCUT2D eigenvalue weighted by molar-refractivity contribution is -0.117. The van der Waals surface area contributed by atoms with Gasteiger partial charge in [0, 0.05) is 16.6 Å². The Balaban J connectivity index is 1.84. The minimum atomic E-state index is 0.0225. The van der Waals surface area contributed by atoms with Crippen molar-refractivity contribution in [2.75, 3.05) is 18.9 Å².